The Morgan fingerprint density at radius 3 is 2.27 bits per heavy atom. The van der Waals surface area contributed by atoms with Gasteiger partial charge in [-0.3, -0.25) is 0 Å². The van der Waals surface area contributed by atoms with Gasteiger partial charge in [-0.25, -0.2) is 14.6 Å². The Morgan fingerprint density at radius 1 is 1.31 bits per heavy atom. The zero-order chi connectivity index (χ0) is 19.9. The number of anilines is 1. The van der Waals surface area contributed by atoms with Crippen molar-refractivity contribution in [2.24, 2.45) is 0 Å². The van der Waals surface area contributed by atoms with E-state index >= 15 is 0 Å². The normalized spacial score (nSPS) is 11.9. The predicted octanol–water partition coefficient (Wildman–Crippen LogP) is 2.16. The maximum Gasteiger partial charge on any atom is 0.490 e. The van der Waals surface area contributed by atoms with Crippen LogP contribution in [0.4, 0.5) is 19.0 Å². The SMILES string of the molecule is CC(Cn1cnnc1)Nc1ncc(C(=O)O)cc1Cl.O=C(O)C(F)(F)F. The van der Waals surface area contributed by atoms with Crippen molar-refractivity contribution in [3.05, 3.63) is 35.5 Å². The van der Waals surface area contributed by atoms with Crippen molar-refractivity contribution in [1.29, 1.82) is 0 Å². The van der Waals surface area contributed by atoms with Crippen molar-refractivity contribution < 1.29 is 33.0 Å². The lowest BCUT2D eigenvalue weighted by atomic mass is 10.2. The van der Waals surface area contributed by atoms with Gasteiger partial charge in [-0.15, -0.1) is 10.2 Å². The molecule has 0 bridgehead atoms. The molecule has 2 rings (SSSR count). The van der Waals surface area contributed by atoms with Gasteiger partial charge in [-0.05, 0) is 13.0 Å². The van der Waals surface area contributed by atoms with E-state index in [1.54, 1.807) is 12.7 Å². The van der Waals surface area contributed by atoms with Crippen LogP contribution in [0.25, 0.3) is 0 Å². The lowest BCUT2D eigenvalue weighted by Crippen LogP contribution is -2.22. The van der Waals surface area contributed by atoms with Gasteiger partial charge in [0.05, 0.1) is 10.6 Å². The van der Waals surface area contributed by atoms with Gasteiger partial charge in [0.2, 0.25) is 0 Å². The molecule has 2 aromatic rings. The second kappa shape index (κ2) is 8.99. The number of aromatic carboxylic acids is 1. The van der Waals surface area contributed by atoms with Crippen LogP contribution in [-0.4, -0.2) is 54.1 Å². The van der Waals surface area contributed by atoms with Crippen molar-refractivity contribution in [3.8, 4) is 0 Å². The summed E-state index contributed by atoms with van der Waals surface area (Å²) in [6, 6.07) is 1.40. The molecule has 2 aromatic heterocycles. The number of carbonyl (C=O) groups is 2. The average Bonchev–Trinajstić information content (AvgIpc) is 3.01. The standard InChI is InChI=1S/C11H12ClN5O2.C2HF3O2/c1-7(4-17-5-14-15-6-17)16-10-9(12)2-8(3-13-10)11(18)19;3-2(4,5)1(6)7/h2-3,5-7H,4H2,1H3,(H,13,16)(H,18,19);(H,6,7). The van der Waals surface area contributed by atoms with E-state index in [-0.39, 0.29) is 16.6 Å². The molecule has 3 N–H and O–H groups in total. The van der Waals surface area contributed by atoms with Crippen LogP contribution in [-0.2, 0) is 11.3 Å². The molecule has 142 valence electrons. The lowest BCUT2D eigenvalue weighted by Gasteiger charge is -2.15. The summed E-state index contributed by atoms with van der Waals surface area (Å²) < 4.78 is 33.6. The molecule has 13 heteroatoms. The molecule has 9 nitrogen and oxygen atoms in total. The second-order valence-corrected chi connectivity index (χ2v) is 5.27. The molecule has 0 saturated carbocycles. The van der Waals surface area contributed by atoms with E-state index in [4.69, 9.17) is 26.6 Å². The second-order valence-electron chi connectivity index (χ2n) is 4.87. The molecule has 1 unspecified atom stereocenters. The highest BCUT2D eigenvalue weighted by atomic mass is 35.5. The minimum absolute atomic E-state index is 0.0386. The third-order valence-electron chi connectivity index (χ3n) is 2.67. The molecule has 0 aliphatic heterocycles. The number of nitrogens with one attached hydrogen (secondary N) is 1. The van der Waals surface area contributed by atoms with Crippen molar-refractivity contribution in [2.45, 2.75) is 25.7 Å². The Labute approximate surface area is 149 Å². The first-order valence-electron chi connectivity index (χ1n) is 6.78. The quantitative estimate of drug-likeness (QED) is 0.702. The minimum atomic E-state index is -5.08. The van der Waals surface area contributed by atoms with Crippen LogP contribution >= 0.6 is 11.6 Å². The Kier molecular flexibility index (Phi) is 7.31. The molecule has 0 aromatic carbocycles. The van der Waals surface area contributed by atoms with E-state index in [0.29, 0.717) is 12.4 Å². The molecule has 0 spiro atoms. The topological polar surface area (TPSA) is 130 Å². The minimum Gasteiger partial charge on any atom is -0.478 e. The molecule has 2 heterocycles. The molecule has 26 heavy (non-hydrogen) atoms. The summed E-state index contributed by atoms with van der Waals surface area (Å²) in [5.41, 5.74) is 0.0574. The van der Waals surface area contributed by atoms with Gasteiger partial charge in [0.1, 0.15) is 18.5 Å². The third-order valence-corrected chi connectivity index (χ3v) is 2.95. The molecule has 0 fully saturated rings. The number of rotatable bonds is 5. The van der Waals surface area contributed by atoms with Crippen LogP contribution in [0, 0.1) is 0 Å². The highest BCUT2D eigenvalue weighted by molar-refractivity contribution is 6.33. The van der Waals surface area contributed by atoms with Crippen LogP contribution in [0.5, 0.6) is 0 Å². The number of hydrogen-bond donors (Lipinski definition) is 3. The summed E-state index contributed by atoms with van der Waals surface area (Å²) >= 11 is 5.98. The van der Waals surface area contributed by atoms with Gasteiger partial charge in [-0.2, -0.15) is 13.2 Å². The van der Waals surface area contributed by atoms with Crippen LogP contribution in [0.1, 0.15) is 17.3 Å². The zero-order valence-electron chi connectivity index (χ0n) is 13.1. The average molecular weight is 396 g/mol. The van der Waals surface area contributed by atoms with Crippen LogP contribution in [0.3, 0.4) is 0 Å². The molecule has 0 aliphatic carbocycles. The lowest BCUT2D eigenvalue weighted by molar-refractivity contribution is -0.192. The molecule has 1 atom stereocenters. The van der Waals surface area contributed by atoms with Crippen molar-refractivity contribution in [2.75, 3.05) is 5.32 Å². The first-order chi connectivity index (χ1) is 12.0. The molecule has 0 radical (unpaired) electrons. The number of aliphatic carboxylic acids is 1. The molecular formula is C13H13ClF3N5O4. The Balaban J connectivity index is 0.000000412. The molecule has 0 amide bonds. The number of halogens is 4. The summed E-state index contributed by atoms with van der Waals surface area (Å²) in [5.74, 6) is -3.36. The van der Waals surface area contributed by atoms with Gasteiger partial charge in [0.25, 0.3) is 0 Å². The largest absolute Gasteiger partial charge is 0.490 e. The first kappa shape index (κ1) is 21.2. The Bertz CT molecular complexity index is 755. The van der Waals surface area contributed by atoms with Crippen molar-refractivity contribution in [3.63, 3.8) is 0 Å². The van der Waals surface area contributed by atoms with Gasteiger partial charge < -0.3 is 20.1 Å². The Hall–Kier alpha value is -2.89. The third kappa shape index (κ3) is 6.93. The fraction of sp³-hybridized carbons (Fsp3) is 0.308. The number of hydrogen-bond acceptors (Lipinski definition) is 6. The summed E-state index contributed by atoms with van der Waals surface area (Å²) in [7, 11) is 0. The summed E-state index contributed by atoms with van der Waals surface area (Å²) in [6.45, 7) is 2.59. The summed E-state index contributed by atoms with van der Waals surface area (Å²) in [6.07, 6.45) is -0.594. The number of nitrogens with zero attached hydrogens (tertiary/aromatic N) is 4. The van der Waals surface area contributed by atoms with E-state index in [0.717, 1.165) is 0 Å². The van der Waals surface area contributed by atoms with E-state index in [9.17, 15) is 18.0 Å². The van der Waals surface area contributed by atoms with E-state index < -0.39 is 18.1 Å². The number of aromatic nitrogens is 4. The number of carboxylic acid groups (broad SMARTS) is 2. The maximum atomic E-state index is 10.8. The van der Waals surface area contributed by atoms with Gasteiger partial charge in [-0.1, -0.05) is 11.6 Å². The smallest absolute Gasteiger partial charge is 0.478 e. The van der Waals surface area contributed by atoms with Gasteiger partial charge in [0, 0.05) is 18.8 Å². The zero-order valence-corrected chi connectivity index (χ0v) is 13.9. The monoisotopic (exact) mass is 395 g/mol. The highest BCUT2D eigenvalue weighted by Gasteiger charge is 2.38. The summed E-state index contributed by atoms with van der Waals surface area (Å²) in [4.78, 5) is 23.7. The maximum absolute atomic E-state index is 10.8. The predicted molar refractivity (Wildman–Crippen MR) is 83.0 cm³/mol. The summed E-state index contributed by atoms with van der Waals surface area (Å²) in [5, 5.41) is 26.7. The molecular weight excluding hydrogens is 383 g/mol. The van der Waals surface area contributed by atoms with Crippen LogP contribution in [0.15, 0.2) is 24.9 Å². The number of carboxylic acids is 2. The van der Waals surface area contributed by atoms with Gasteiger partial charge in [0.15, 0.2) is 0 Å². The van der Waals surface area contributed by atoms with Crippen molar-refractivity contribution >= 4 is 29.4 Å². The van der Waals surface area contributed by atoms with E-state index in [2.05, 4.69) is 20.5 Å². The molecule has 0 aliphatic rings. The van der Waals surface area contributed by atoms with Crippen molar-refractivity contribution in [1.82, 2.24) is 19.7 Å². The number of alkyl halides is 3. The fourth-order valence-corrected chi connectivity index (χ4v) is 1.79. The number of pyridine rings is 1. The highest BCUT2D eigenvalue weighted by Crippen LogP contribution is 2.21. The van der Waals surface area contributed by atoms with Crippen LogP contribution in [0.2, 0.25) is 5.02 Å². The van der Waals surface area contributed by atoms with E-state index in [1.165, 1.54) is 12.3 Å². The van der Waals surface area contributed by atoms with E-state index in [1.807, 2.05) is 11.5 Å². The van der Waals surface area contributed by atoms with Crippen LogP contribution < -0.4 is 5.32 Å². The fourth-order valence-electron chi connectivity index (χ4n) is 1.57. The molecule has 0 saturated heterocycles. The Morgan fingerprint density at radius 2 is 1.85 bits per heavy atom. The van der Waals surface area contributed by atoms with Gasteiger partial charge >= 0.3 is 18.1 Å². The first-order valence-corrected chi connectivity index (χ1v) is 7.16.